The zero-order valence-corrected chi connectivity index (χ0v) is 16.3. The molecule has 30 heavy (non-hydrogen) atoms. The molecule has 3 heterocycles. The minimum Gasteiger partial charge on any atom is -0.368 e. The average Bonchev–Trinajstić information content (AvgIpc) is 2.74. The second kappa shape index (κ2) is 8.39. The maximum atomic E-state index is 12.9. The molecule has 3 aromatic rings. The second-order valence-electron chi connectivity index (χ2n) is 7.54. The number of anilines is 1. The van der Waals surface area contributed by atoms with Crippen LogP contribution in [0, 0.1) is 0 Å². The summed E-state index contributed by atoms with van der Waals surface area (Å²) in [7, 11) is 0. The predicted octanol–water partition coefficient (Wildman–Crippen LogP) is 4.52. The lowest BCUT2D eigenvalue weighted by atomic mass is 9.89. The minimum absolute atomic E-state index is 0.123. The molecule has 1 aliphatic rings. The van der Waals surface area contributed by atoms with Crippen molar-refractivity contribution in [2.45, 2.75) is 31.5 Å². The molecular formula is C22H22F3N5. The van der Waals surface area contributed by atoms with Crippen LogP contribution in [0.15, 0.2) is 55.0 Å². The molecule has 0 unspecified atom stereocenters. The number of pyridine rings is 1. The topological polar surface area (TPSA) is 67.9 Å². The van der Waals surface area contributed by atoms with Crippen LogP contribution in [-0.4, -0.2) is 32.9 Å². The van der Waals surface area contributed by atoms with E-state index >= 15 is 0 Å². The average molecular weight is 413 g/mol. The maximum Gasteiger partial charge on any atom is 0.416 e. The standard InChI is InChI=1S/C22H22F3N5/c23-22(24,25)18-7-5-16(6-8-18)19-12-28-21(26)29-20(19)17-4-2-10-30(14-17)13-15-3-1-9-27-11-15/h1,3,5-9,11-12,17H,2,4,10,13-14H2,(H2,26,28,29)/t17-/m0/s1. The van der Waals surface area contributed by atoms with E-state index in [0.717, 1.165) is 61.4 Å². The van der Waals surface area contributed by atoms with Gasteiger partial charge in [-0.15, -0.1) is 0 Å². The number of aromatic nitrogens is 3. The van der Waals surface area contributed by atoms with Crippen LogP contribution in [0.3, 0.4) is 0 Å². The van der Waals surface area contributed by atoms with Crippen molar-refractivity contribution < 1.29 is 13.2 Å². The molecule has 1 aromatic carbocycles. The lowest BCUT2D eigenvalue weighted by Crippen LogP contribution is -2.34. The third-order valence-corrected chi connectivity index (χ3v) is 5.38. The van der Waals surface area contributed by atoms with Crippen molar-refractivity contribution in [1.82, 2.24) is 19.9 Å². The highest BCUT2D eigenvalue weighted by Crippen LogP contribution is 2.35. The van der Waals surface area contributed by atoms with Crippen LogP contribution in [0.1, 0.15) is 35.6 Å². The summed E-state index contributed by atoms with van der Waals surface area (Å²) in [5, 5.41) is 0. The number of benzene rings is 1. The first kappa shape index (κ1) is 20.3. The summed E-state index contributed by atoms with van der Waals surface area (Å²) in [6, 6.07) is 9.09. The zero-order chi connectivity index (χ0) is 21.1. The van der Waals surface area contributed by atoms with E-state index in [0.29, 0.717) is 5.56 Å². The van der Waals surface area contributed by atoms with Crippen LogP contribution in [0.4, 0.5) is 19.1 Å². The van der Waals surface area contributed by atoms with Gasteiger partial charge in [-0.3, -0.25) is 9.88 Å². The molecule has 0 amide bonds. The summed E-state index contributed by atoms with van der Waals surface area (Å²) < 4.78 is 38.7. The van der Waals surface area contributed by atoms with Gasteiger partial charge >= 0.3 is 6.18 Å². The number of rotatable bonds is 4. The van der Waals surface area contributed by atoms with Crippen molar-refractivity contribution in [3.8, 4) is 11.1 Å². The number of nitrogens with two attached hydrogens (primary N) is 1. The molecule has 1 fully saturated rings. The lowest BCUT2D eigenvalue weighted by molar-refractivity contribution is -0.137. The third-order valence-electron chi connectivity index (χ3n) is 5.38. The molecule has 2 N–H and O–H groups in total. The largest absolute Gasteiger partial charge is 0.416 e. The molecule has 5 nitrogen and oxygen atoms in total. The van der Waals surface area contributed by atoms with Crippen molar-refractivity contribution in [2.75, 3.05) is 18.8 Å². The van der Waals surface area contributed by atoms with Crippen LogP contribution < -0.4 is 5.73 Å². The fraction of sp³-hybridized carbons (Fsp3) is 0.318. The van der Waals surface area contributed by atoms with Gasteiger partial charge in [0.25, 0.3) is 0 Å². The Bertz CT molecular complexity index is 990. The monoisotopic (exact) mass is 413 g/mol. The van der Waals surface area contributed by atoms with E-state index in [9.17, 15) is 13.2 Å². The maximum absolute atomic E-state index is 12.9. The molecule has 1 atom stereocenters. The van der Waals surface area contributed by atoms with Gasteiger partial charge < -0.3 is 5.73 Å². The molecule has 0 spiro atoms. The fourth-order valence-electron chi connectivity index (χ4n) is 3.95. The Hall–Kier alpha value is -3.00. The van der Waals surface area contributed by atoms with Crippen LogP contribution >= 0.6 is 0 Å². The van der Waals surface area contributed by atoms with E-state index in [1.54, 1.807) is 12.4 Å². The van der Waals surface area contributed by atoms with Crippen molar-refractivity contribution in [1.29, 1.82) is 0 Å². The highest BCUT2D eigenvalue weighted by Gasteiger charge is 2.30. The number of piperidine rings is 1. The molecule has 4 rings (SSSR count). The summed E-state index contributed by atoms with van der Waals surface area (Å²) in [4.78, 5) is 15.1. The van der Waals surface area contributed by atoms with E-state index in [1.165, 1.54) is 12.1 Å². The van der Waals surface area contributed by atoms with Crippen molar-refractivity contribution in [2.24, 2.45) is 0 Å². The molecule has 0 saturated carbocycles. The molecule has 2 aromatic heterocycles. The zero-order valence-electron chi connectivity index (χ0n) is 16.3. The molecule has 0 aliphatic carbocycles. The molecule has 1 aliphatic heterocycles. The number of halogens is 3. The van der Waals surface area contributed by atoms with Gasteiger partial charge in [-0.25, -0.2) is 9.97 Å². The number of nitrogens with zero attached hydrogens (tertiary/aromatic N) is 4. The van der Waals surface area contributed by atoms with Crippen LogP contribution in [-0.2, 0) is 12.7 Å². The molecular weight excluding hydrogens is 391 g/mol. The molecule has 8 heteroatoms. The molecule has 0 bridgehead atoms. The Labute approximate surface area is 172 Å². The fourth-order valence-corrected chi connectivity index (χ4v) is 3.95. The first-order chi connectivity index (χ1) is 14.4. The number of likely N-dealkylation sites (tertiary alicyclic amines) is 1. The second-order valence-corrected chi connectivity index (χ2v) is 7.54. The number of hydrogen-bond donors (Lipinski definition) is 1. The van der Waals surface area contributed by atoms with Crippen LogP contribution in [0.5, 0.6) is 0 Å². The van der Waals surface area contributed by atoms with E-state index in [2.05, 4.69) is 19.9 Å². The highest BCUT2D eigenvalue weighted by atomic mass is 19.4. The Morgan fingerprint density at radius 1 is 1.10 bits per heavy atom. The van der Waals surface area contributed by atoms with Crippen molar-refractivity contribution >= 4 is 5.95 Å². The number of alkyl halides is 3. The minimum atomic E-state index is -4.37. The van der Waals surface area contributed by atoms with E-state index in [-0.39, 0.29) is 11.9 Å². The Kier molecular flexibility index (Phi) is 5.67. The quantitative estimate of drug-likeness (QED) is 0.681. The van der Waals surface area contributed by atoms with E-state index in [4.69, 9.17) is 5.73 Å². The first-order valence-electron chi connectivity index (χ1n) is 9.81. The summed E-state index contributed by atoms with van der Waals surface area (Å²) in [6.07, 6.45) is 2.80. The summed E-state index contributed by atoms with van der Waals surface area (Å²) in [5.74, 6) is 0.294. The Morgan fingerprint density at radius 2 is 1.90 bits per heavy atom. The lowest BCUT2D eigenvalue weighted by Gasteiger charge is -2.33. The van der Waals surface area contributed by atoms with Gasteiger partial charge in [0.15, 0.2) is 0 Å². The summed E-state index contributed by atoms with van der Waals surface area (Å²) in [6.45, 7) is 2.56. The van der Waals surface area contributed by atoms with Crippen molar-refractivity contribution in [3.63, 3.8) is 0 Å². The Balaban J connectivity index is 1.60. The smallest absolute Gasteiger partial charge is 0.368 e. The van der Waals surface area contributed by atoms with Gasteiger partial charge in [0, 0.05) is 43.2 Å². The number of hydrogen-bond acceptors (Lipinski definition) is 5. The summed E-state index contributed by atoms with van der Waals surface area (Å²) >= 11 is 0. The number of nitrogen functional groups attached to an aromatic ring is 1. The highest BCUT2D eigenvalue weighted by molar-refractivity contribution is 5.66. The normalized spacial score (nSPS) is 17.8. The third kappa shape index (κ3) is 4.59. The van der Waals surface area contributed by atoms with Gasteiger partial charge in [-0.1, -0.05) is 18.2 Å². The predicted molar refractivity (Wildman–Crippen MR) is 108 cm³/mol. The van der Waals surface area contributed by atoms with E-state index in [1.807, 2.05) is 18.3 Å². The van der Waals surface area contributed by atoms with Gasteiger partial charge in [0.05, 0.1) is 11.3 Å². The van der Waals surface area contributed by atoms with Crippen LogP contribution in [0.25, 0.3) is 11.1 Å². The Morgan fingerprint density at radius 3 is 2.60 bits per heavy atom. The molecule has 0 radical (unpaired) electrons. The SMILES string of the molecule is Nc1ncc(-c2ccc(C(F)(F)F)cc2)c([C@H]2CCCN(Cc3cccnc3)C2)n1. The first-order valence-corrected chi connectivity index (χ1v) is 9.81. The summed E-state index contributed by atoms with van der Waals surface area (Å²) in [5.41, 5.74) is 8.50. The van der Waals surface area contributed by atoms with Gasteiger partial charge in [0.2, 0.25) is 5.95 Å². The van der Waals surface area contributed by atoms with E-state index < -0.39 is 11.7 Å². The van der Waals surface area contributed by atoms with Crippen molar-refractivity contribution in [3.05, 3.63) is 71.8 Å². The van der Waals surface area contributed by atoms with Gasteiger partial charge in [-0.05, 0) is 48.7 Å². The molecule has 156 valence electrons. The van der Waals surface area contributed by atoms with Gasteiger partial charge in [-0.2, -0.15) is 13.2 Å². The van der Waals surface area contributed by atoms with Crippen LogP contribution in [0.2, 0.25) is 0 Å². The van der Waals surface area contributed by atoms with Gasteiger partial charge in [0.1, 0.15) is 0 Å². The molecule has 1 saturated heterocycles.